The van der Waals surface area contributed by atoms with E-state index in [1.54, 1.807) is 15.9 Å². The molecule has 3 rings (SSSR count). The molecule has 1 saturated heterocycles. The Hall–Kier alpha value is -0.980. The Morgan fingerprint density at radius 3 is 2.90 bits per heavy atom. The zero-order valence-corrected chi connectivity index (χ0v) is 13.5. The first-order valence-electron chi connectivity index (χ1n) is 6.85. The zero-order chi connectivity index (χ0) is 14.4. The van der Waals surface area contributed by atoms with Gasteiger partial charge in [0.15, 0.2) is 4.77 Å². The van der Waals surface area contributed by atoms with Gasteiger partial charge in [0.05, 0.1) is 11.5 Å². The Labute approximate surface area is 126 Å². The minimum absolute atomic E-state index is 0.0460. The summed E-state index contributed by atoms with van der Waals surface area (Å²) in [5.41, 5.74) is 1.11. The summed E-state index contributed by atoms with van der Waals surface area (Å²) in [6.07, 6.45) is 1.86. The summed E-state index contributed by atoms with van der Waals surface area (Å²) < 4.78 is 7.86. The van der Waals surface area contributed by atoms with Crippen LogP contribution in [0.1, 0.15) is 36.2 Å². The normalized spacial score (nSPS) is 23.4. The third kappa shape index (κ3) is 2.16. The standard InChI is InChI=1S/C14H18N2O2S2/c1-7-6-10(4-5-18-7)16-13(17)11-8(2)9(3)20-12(11)15-14(16)19/h7,10H,4-6H2,1-3H3,(H,15,19). The Bertz CT molecular complexity index is 772. The largest absolute Gasteiger partial charge is 0.378 e. The van der Waals surface area contributed by atoms with Gasteiger partial charge in [-0.15, -0.1) is 11.3 Å². The second-order valence-electron chi connectivity index (χ2n) is 5.45. The summed E-state index contributed by atoms with van der Waals surface area (Å²) in [5.74, 6) is 0. The highest BCUT2D eigenvalue weighted by atomic mass is 32.1. The van der Waals surface area contributed by atoms with Crippen molar-refractivity contribution in [3.63, 3.8) is 0 Å². The second kappa shape index (κ2) is 5.09. The molecule has 0 aromatic carbocycles. The number of fused-ring (bicyclic) bond motifs is 1. The molecule has 4 nitrogen and oxygen atoms in total. The van der Waals surface area contributed by atoms with Crippen LogP contribution in [0.3, 0.4) is 0 Å². The fraction of sp³-hybridized carbons (Fsp3) is 0.571. The van der Waals surface area contributed by atoms with E-state index in [0.29, 0.717) is 11.4 Å². The zero-order valence-electron chi connectivity index (χ0n) is 11.9. The van der Waals surface area contributed by atoms with Crippen LogP contribution in [0.4, 0.5) is 0 Å². The molecule has 0 saturated carbocycles. The van der Waals surface area contributed by atoms with E-state index in [2.05, 4.69) is 4.98 Å². The molecular formula is C14H18N2O2S2. The maximum absolute atomic E-state index is 12.8. The van der Waals surface area contributed by atoms with Gasteiger partial charge in [-0.1, -0.05) is 0 Å². The summed E-state index contributed by atoms with van der Waals surface area (Å²) in [6, 6.07) is 0.138. The van der Waals surface area contributed by atoms with Crippen molar-refractivity contribution in [2.24, 2.45) is 0 Å². The van der Waals surface area contributed by atoms with Crippen LogP contribution in [0.25, 0.3) is 10.2 Å². The number of nitrogens with one attached hydrogen (secondary N) is 1. The molecule has 2 unspecified atom stereocenters. The van der Waals surface area contributed by atoms with E-state index in [1.807, 2.05) is 20.8 Å². The quantitative estimate of drug-likeness (QED) is 0.820. The molecule has 0 spiro atoms. The predicted molar refractivity (Wildman–Crippen MR) is 84.4 cm³/mol. The molecule has 2 aromatic heterocycles. The van der Waals surface area contributed by atoms with Gasteiger partial charge in [-0.2, -0.15) is 0 Å². The van der Waals surface area contributed by atoms with E-state index in [0.717, 1.165) is 28.6 Å². The number of nitrogens with zero attached hydrogens (tertiary/aromatic N) is 1. The van der Waals surface area contributed by atoms with E-state index >= 15 is 0 Å². The van der Waals surface area contributed by atoms with Crippen molar-refractivity contribution in [2.45, 2.75) is 45.8 Å². The van der Waals surface area contributed by atoms with E-state index in [9.17, 15) is 4.79 Å². The average Bonchev–Trinajstić information content (AvgIpc) is 2.65. The number of hydrogen-bond donors (Lipinski definition) is 1. The summed E-state index contributed by atoms with van der Waals surface area (Å²) in [6.45, 7) is 6.77. The number of H-pyrrole nitrogens is 1. The fourth-order valence-corrected chi connectivity index (χ4v) is 4.33. The predicted octanol–water partition coefficient (Wildman–Crippen LogP) is 3.48. The lowest BCUT2D eigenvalue weighted by Gasteiger charge is -2.28. The Morgan fingerprint density at radius 1 is 1.45 bits per heavy atom. The fourth-order valence-electron chi connectivity index (χ4n) is 2.88. The molecule has 1 aliphatic rings. The van der Waals surface area contributed by atoms with Gasteiger partial charge in [-0.3, -0.25) is 9.36 Å². The SMILES string of the molecule is Cc1sc2[nH]c(=S)n(C3CCOC(C)C3)c(=O)c2c1C. The molecular weight excluding hydrogens is 292 g/mol. The highest BCUT2D eigenvalue weighted by Gasteiger charge is 2.24. The number of rotatable bonds is 1. The molecule has 0 amide bonds. The Kier molecular flexibility index (Phi) is 3.56. The summed E-state index contributed by atoms with van der Waals surface area (Å²) in [5, 5.41) is 0.792. The van der Waals surface area contributed by atoms with Gasteiger partial charge in [0.2, 0.25) is 0 Å². The van der Waals surface area contributed by atoms with Gasteiger partial charge in [0.25, 0.3) is 5.56 Å². The summed E-state index contributed by atoms with van der Waals surface area (Å²) >= 11 is 7.01. The number of hydrogen-bond acceptors (Lipinski definition) is 4. The van der Waals surface area contributed by atoms with Crippen LogP contribution in [-0.2, 0) is 4.74 Å². The van der Waals surface area contributed by atoms with Crippen LogP contribution in [0.5, 0.6) is 0 Å². The molecule has 20 heavy (non-hydrogen) atoms. The molecule has 0 bridgehead atoms. The maximum Gasteiger partial charge on any atom is 0.263 e. The van der Waals surface area contributed by atoms with Gasteiger partial charge in [-0.25, -0.2) is 0 Å². The van der Waals surface area contributed by atoms with Gasteiger partial charge in [-0.05, 0) is 51.4 Å². The molecule has 6 heteroatoms. The van der Waals surface area contributed by atoms with Crippen LogP contribution in [0.2, 0.25) is 0 Å². The topological polar surface area (TPSA) is 47.0 Å². The molecule has 1 aliphatic heterocycles. The van der Waals surface area contributed by atoms with E-state index in [1.165, 1.54) is 4.88 Å². The number of ether oxygens (including phenoxy) is 1. The molecule has 0 aliphatic carbocycles. The molecule has 2 aromatic rings. The smallest absolute Gasteiger partial charge is 0.263 e. The Balaban J connectivity index is 2.23. The number of thiophene rings is 1. The molecule has 3 heterocycles. The second-order valence-corrected chi connectivity index (χ2v) is 7.06. The first kappa shape index (κ1) is 14.0. The highest BCUT2D eigenvalue weighted by Crippen LogP contribution is 2.28. The van der Waals surface area contributed by atoms with Crippen molar-refractivity contribution in [2.75, 3.05) is 6.61 Å². The van der Waals surface area contributed by atoms with E-state index in [4.69, 9.17) is 17.0 Å². The van der Waals surface area contributed by atoms with Crippen molar-refractivity contribution >= 4 is 33.8 Å². The van der Waals surface area contributed by atoms with Gasteiger partial charge < -0.3 is 9.72 Å². The monoisotopic (exact) mass is 310 g/mol. The molecule has 0 radical (unpaired) electrons. The minimum atomic E-state index is 0.0460. The highest BCUT2D eigenvalue weighted by molar-refractivity contribution is 7.71. The maximum atomic E-state index is 12.8. The van der Waals surface area contributed by atoms with Gasteiger partial charge in [0, 0.05) is 17.5 Å². The van der Waals surface area contributed by atoms with Crippen molar-refractivity contribution in [3.05, 3.63) is 25.6 Å². The lowest BCUT2D eigenvalue weighted by molar-refractivity contribution is 0.00492. The first-order chi connectivity index (χ1) is 9.49. The number of aromatic amines is 1. The van der Waals surface area contributed by atoms with Crippen LogP contribution in [0.15, 0.2) is 4.79 Å². The van der Waals surface area contributed by atoms with E-state index < -0.39 is 0 Å². The minimum Gasteiger partial charge on any atom is -0.378 e. The first-order valence-corrected chi connectivity index (χ1v) is 8.07. The molecule has 1 N–H and O–H groups in total. The van der Waals surface area contributed by atoms with Crippen LogP contribution in [-0.4, -0.2) is 22.3 Å². The van der Waals surface area contributed by atoms with Crippen molar-refractivity contribution in [1.29, 1.82) is 0 Å². The lowest BCUT2D eigenvalue weighted by Crippen LogP contribution is -2.33. The van der Waals surface area contributed by atoms with Crippen LogP contribution < -0.4 is 5.56 Å². The van der Waals surface area contributed by atoms with Gasteiger partial charge >= 0.3 is 0 Å². The van der Waals surface area contributed by atoms with E-state index in [-0.39, 0.29) is 17.7 Å². The third-order valence-electron chi connectivity index (χ3n) is 4.08. The number of aromatic nitrogens is 2. The third-order valence-corrected chi connectivity index (χ3v) is 5.50. The van der Waals surface area contributed by atoms with Crippen molar-refractivity contribution in [1.82, 2.24) is 9.55 Å². The molecule has 108 valence electrons. The Morgan fingerprint density at radius 2 is 2.20 bits per heavy atom. The van der Waals surface area contributed by atoms with Gasteiger partial charge in [0.1, 0.15) is 4.83 Å². The molecule has 2 atom stereocenters. The summed E-state index contributed by atoms with van der Waals surface area (Å²) in [4.78, 5) is 18.1. The van der Waals surface area contributed by atoms with Crippen LogP contribution in [0, 0.1) is 18.6 Å². The van der Waals surface area contributed by atoms with Crippen LogP contribution >= 0.6 is 23.6 Å². The number of aryl methyl sites for hydroxylation is 2. The average molecular weight is 310 g/mol. The van der Waals surface area contributed by atoms with Crippen molar-refractivity contribution in [3.8, 4) is 0 Å². The summed E-state index contributed by atoms with van der Waals surface area (Å²) in [7, 11) is 0. The molecule has 1 fully saturated rings. The van der Waals surface area contributed by atoms with Crippen molar-refractivity contribution < 1.29 is 4.74 Å². The lowest BCUT2D eigenvalue weighted by atomic mass is 10.0.